The van der Waals surface area contributed by atoms with E-state index < -0.39 is 0 Å². The van der Waals surface area contributed by atoms with Gasteiger partial charge in [0.05, 0.1) is 33.3 Å². The topological polar surface area (TPSA) is 92.2 Å². The number of nitrogens with zero attached hydrogens (tertiary/aromatic N) is 6. The number of fused-ring (bicyclic) bond motifs is 8. The predicted octanol–water partition coefficient (Wildman–Crippen LogP) is 23.1. The molecule has 0 atom stereocenters. The van der Waals surface area contributed by atoms with E-state index in [4.69, 9.17) is 41.9 Å². The molecule has 2 amide bonds. The number of thiocarbonyl (C=S) groups is 2. The number of thioether (sulfide) groups is 2. The molecule has 2 saturated heterocycles. The number of thiophene rings is 2. The molecule has 88 heavy (non-hydrogen) atoms. The molecule has 8 nitrogen and oxygen atoms in total. The number of hydrogen-bond acceptors (Lipinski definition) is 14. The fourth-order valence-electron chi connectivity index (χ4n) is 14.6. The molecule has 16 heteroatoms. The molecule has 466 valence electrons. The molecule has 2 aliphatic heterocycles. The molecule has 7 aromatic rings. The van der Waals surface area contributed by atoms with Crippen LogP contribution in [0.5, 0.6) is 0 Å². The van der Waals surface area contributed by atoms with Crippen LogP contribution >= 0.6 is 94.1 Å². The molecule has 0 radical (unpaired) electrons. The van der Waals surface area contributed by atoms with Gasteiger partial charge in [0, 0.05) is 65.7 Å². The lowest BCUT2D eigenvalue weighted by Crippen LogP contribution is -2.27. The van der Waals surface area contributed by atoms with Gasteiger partial charge in [-0.25, -0.2) is 0 Å². The molecule has 2 fully saturated rings. The monoisotopic (exact) mass is 1320 g/mol. The lowest BCUT2D eigenvalue weighted by molar-refractivity contribution is -0.122. The summed E-state index contributed by atoms with van der Waals surface area (Å²) in [6.07, 6.45) is 38.9. The SMILES string of the molecule is CCCCCCCCC1(CCCCCCCC)c2cc3c(cc2-c2sc(-c4ccc(/C=C5\SC(=S)N(CC)C5=O)c5nsnc45)cc21)C(CCCCCCCC)(CCCCCCCC)c1cc(-c2ccc(/C=C4/SC(=S)N(CC)C4=O)c4nsnc24)sc1-3. The Morgan fingerprint density at radius 1 is 0.409 bits per heavy atom. The fourth-order valence-corrected chi connectivity index (χ4v) is 21.1. The lowest BCUT2D eigenvalue weighted by atomic mass is 9.68. The second kappa shape index (κ2) is 30.2. The molecule has 6 heterocycles. The maximum atomic E-state index is 13.5. The Morgan fingerprint density at radius 3 is 1.07 bits per heavy atom. The van der Waals surface area contributed by atoms with Gasteiger partial charge in [-0.05, 0) is 109 Å². The number of unbranched alkanes of at least 4 members (excludes halogenated alkanes) is 20. The summed E-state index contributed by atoms with van der Waals surface area (Å²) in [7, 11) is 0. The van der Waals surface area contributed by atoms with E-state index in [-0.39, 0.29) is 22.6 Å². The van der Waals surface area contributed by atoms with Gasteiger partial charge >= 0.3 is 0 Å². The van der Waals surface area contributed by atoms with Crippen molar-refractivity contribution in [1.82, 2.24) is 27.3 Å². The smallest absolute Gasteiger partial charge is 0.266 e. The van der Waals surface area contributed by atoms with Gasteiger partial charge in [-0.3, -0.25) is 19.4 Å². The molecular formula is C72H88N6O2S8. The van der Waals surface area contributed by atoms with Crippen molar-refractivity contribution >= 4 is 149 Å². The normalized spacial score (nSPS) is 16.7. The molecule has 0 spiro atoms. The van der Waals surface area contributed by atoms with Crippen molar-refractivity contribution in [2.24, 2.45) is 0 Å². The van der Waals surface area contributed by atoms with E-state index in [1.807, 2.05) is 48.7 Å². The van der Waals surface area contributed by atoms with Crippen LogP contribution < -0.4 is 0 Å². The molecule has 3 aromatic carbocycles. The van der Waals surface area contributed by atoms with Crippen LogP contribution in [-0.4, -0.2) is 60.8 Å². The number of benzene rings is 3. The van der Waals surface area contributed by atoms with Crippen molar-refractivity contribution in [2.75, 3.05) is 13.1 Å². The Bertz CT molecular complexity index is 3460. The van der Waals surface area contributed by atoms with E-state index in [1.165, 1.54) is 243 Å². The van der Waals surface area contributed by atoms with Gasteiger partial charge in [0.1, 0.15) is 30.7 Å². The summed E-state index contributed by atoms with van der Waals surface area (Å²) in [5.74, 6) is -0.0729. The molecule has 2 aliphatic carbocycles. The zero-order valence-corrected chi connectivity index (χ0v) is 59.3. The Hall–Kier alpha value is -4.00. The van der Waals surface area contributed by atoms with Gasteiger partial charge < -0.3 is 0 Å². The maximum absolute atomic E-state index is 13.5. The minimum atomic E-state index is -0.138. The van der Waals surface area contributed by atoms with Crippen molar-refractivity contribution in [3.05, 3.63) is 91.7 Å². The minimum absolute atomic E-state index is 0.0365. The first-order valence-electron chi connectivity index (χ1n) is 33.5. The Labute approximate surface area is 559 Å². The number of carbonyl (C=O) groups excluding carboxylic acids is 2. The average Bonchev–Trinajstić information content (AvgIpc) is 1.60. The summed E-state index contributed by atoms with van der Waals surface area (Å²) in [4.78, 5) is 37.0. The summed E-state index contributed by atoms with van der Waals surface area (Å²) in [6.45, 7) is 14.4. The number of rotatable bonds is 34. The third-order valence-corrected chi connectivity index (χ3v) is 25.6. The van der Waals surface area contributed by atoms with Gasteiger partial charge in [0.25, 0.3) is 11.8 Å². The number of hydrogen-bond donors (Lipinski definition) is 0. The predicted molar refractivity (Wildman–Crippen MR) is 391 cm³/mol. The molecule has 0 unspecified atom stereocenters. The number of likely N-dealkylation sites (N-methyl/N-ethyl adjacent to an activating group) is 2. The standard InChI is InChI=1S/C72H88N6O2S8/c1-7-13-17-21-25-29-37-71(38-30-26-22-18-14-8-2)53-43-52-54(44-51(53)65-55(71)45-57(83-65)49-35-33-47(61-63(49)75-87-73-61)41-59-67(79)77(11-5)69(81)85-59)72(39-31-27-23-19-15-9-3,40-32-28-24-20-16-10-4)56-46-58(84-66(52)56)50-36-34-48(62-64(50)76-88-74-62)42-60-68(80)78(12-6)70(82)86-60/h33-36,41-46H,7-32,37-40H2,1-6H3/b59-41-,60-42+. The molecule has 4 aliphatic rings. The summed E-state index contributed by atoms with van der Waals surface area (Å²) >= 11 is 20.5. The molecule has 0 N–H and O–H groups in total. The highest BCUT2D eigenvalue weighted by Crippen LogP contribution is 2.65. The van der Waals surface area contributed by atoms with Crippen LogP contribution in [0.1, 0.15) is 255 Å². The first-order valence-corrected chi connectivity index (χ1v) is 39.1. The highest BCUT2D eigenvalue weighted by Gasteiger charge is 2.50. The molecule has 0 saturated carbocycles. The summed E-state index contributed by atoms with van der Waals surface area (Å²) in [6, 6.07) is 19.6. The van der Waals surface area contributed by atoms with Crippen LogP contribution in [-0.2, 0) is 20.4 Å². The Kier molecular flexibility index (Phi) is 22.5. The third-order valence-electron chi connectivity index (χ3n) is 19.4. The molecule has 0 bridgehead atoms. The lowest BCUT2D eigenvalue weighted by Gasteiger charge is -2.34. The quantitative estimate of drug-likeness (QED) is 0.0221. The van der Waals surface area contributed by atoms with Crippen LogP contribution in [0.25, 0.3) is 76.0 Å². The van der Waals surface area contributed by atoms with Crippen molar-refractivity contribution in [1.29, 1.82) is 0 Å². The Morgan fingerprint density at radius 2 is 0.739 bits per heavy atom. The van der Waals surface area contributed by atoms with E-state index in [9.17, 15) is 9.59 Å². The summed E-state index contributed by atoms with van der Waals surface area (Å²) in [5, 5.41) is 0. The van der Waals surface area contributed by atoms with Crippen molar-refractivity contribution in [3.8, 4) is 41.8 Å². The van der Waals surface area contributed by atoms with Crippen LogP contribution in [0.2, 0.25) is 0 Å². The van der Waals surface area contributed by atoms with Crippen LogP contribution in [0.3, 0.4) is 0 Å². The molecule has 11 rings (SSSR count). The zero-order valence-electron chi connectivity index (χ0n) is 52.8. The highest BCUT2D eigenvalue weighted by atomic mass is 32.2. The van der Waals surface area contributed by atoms with E-state index >= 15 is 0 Å². The number of aromatic nitrogens is 4. The van der Waals surface area contributed by atoms with E-state index in [0.717, 1.165) is 70.0 Å². The van der Waals surface area contributed by atoms with Gasteiger partial charge in [-0.1, -0.05) is 254 Å². The van der Waals surface area contributed by atoms with Crippen molar-refractivity contribution in [3.63, 3.8) is 0 Å². The van der Waals surface area contributed by atoms with Crippen molar-refractivity contribution < 1.29 is 9.59 Å². The molecule has 4 aromatic heterocycles. The van der Waals surface area contributed by atoms with Crippen molar-refractivity contribution in [2.45, 2.75) is 232 Å². The van der Waals surface area contributed by atoms with Crippen LogP contribution in [0, 0.1) is 0 Å². The van der Waals surface area contributed by atoms with Gasteiger partial charge in [0.15, 0.2) is 0 Å². The van der Waals surface area contributed by atoms with E-state index in [2.05, 4.69) is 76.2 Å². The van der Waals surface area contributed by atoms with Gasteiger partial charge in [0.2, 0.25) is 0 Å². The minimum Gasteiger partial charge on any atom is -0.293 e. The third kappa shape index (κ3) is 13.2. The first-order chi connectivity index (χ1) is 43.0. The number of carbonyl (C=O) groups is 2. The molecular weight excluding hydrogens is 1240 g/mol. The second-order valence-corrected chi connectivity index (χ2v) is 31.6. The van der Waals surface area contributed by atoms with E-state index in [0.29, 0.717) is 31.5 Å². The summed E-state index contributed by atoms with van der Waals surface area (Å²) in [5.41, 5.74) is 16.4. The second-order valence-electron chi connectivity index (χ2n) is 25.1. The first kappa shape index (κ1) is 65.5. The largest absolute Gasteiger partial charge is 0.293 e. The van der Waals surface area contributed by atoms with Gasteiger partial charge in [-0.2, -0.15) is 17.5 Å². The van der Waals surface area contributed by atoms with Gasteiger partial charge in [-0.15, -0.1) is 22.7 Å². The highest BCUT2D eigenvalue weighted by molar-refractivity contribution is 8.27. The van der Waals surface area contributed by atoms with E-state index in [1.54, 1.807) is 20.9 Å². The average molecular weight is 1330 g/mol. The zero-order chi connectivity index (χ0) is 61.4. The maximum Gasteiger partial charge on any atom is 0.266 e. The van der Waals surface area contributed by atoms with Crippen LogP contribution in [0.15, 0.2) is 58.3 Å². The fraction of sp³-hybridized carbons (Fsp3) is 0.528. The number of amides is 2. The Balaban J connectivity index is 1.07. The summed E-state index contributed by atoms with van der Waals surface area (Å²) < 4.78 is 21.2. The van der Waals surface area contributed by atoms with Crippen LogP contribution in [0.4, 0.5) is 0 Å².